The summed E-state index contributed by atoms with van der Waals surface area (Å²) in [6, 6.07) is 0. The molecule has 0 aromatic rings. The minimum atomic E-state index is -0.914. The van der Waals surface area contributed by atoms with Gasteiger partial charge in [0.15, 0.2) is 0 Å². The summed E-state index contributed by atoms with van der Waals surface area (Å²) in [4.78, 5) is 25.1. The van der Waals surface area contributed by atoms with Crippen molar-refractivity contribution >= 4 is 11.8 Å². The third kappa shape index (κ3) is 3.45. The largest absolute Gasteiger partial charge is 0.388 e. The number of hydrogen-bond acceptors (Lipinski definition) is 3. The Morgan fingerprint density at radius 1 is 1.61 bits per heavy atom. The van der Waals surface area contributed by atoms with Crippen molar-refractivity contribution in [2.75, 3.05) is 19.6 Å². The van der Waals surface area contributed by atoms with Crippen molar-refractivity contribution in [3.05, 3.63) is 0 Å². The summed E-state index contributed by atoms with van der Waals surface area (Å²) in [6.45, 7) is 8.78. The maximum atomic E-state index is 11.9. The summed E-state index contributed by atoms with van der Waals surface area (Å²) in [6.07, 6.45) is 0.281. The van der Waals surface area contributed by atoms with E-state index in [2.05, 4.69) is 5.32 Å². The lowest BCUT2D eigenvalue weighted by Gasteiger charge is -2.28. The molecule has 0 aromatic carbocycles. The van der Waals surface area contributed by atoms with Gasteiger partial charge in [0.1, 0.15) is 0 Å². The van der Waals surface area contributed by atoms with Crippen LogP contribution in [0, 0.1) is 11.8 Å². The van der Waals surface area contributed by atoms with E-state index in [4.69, 9.17) is 0 Å². The molecule has 2 N–H and O–H groups in total. The first-order valence-corrected chi connectivity index (χ1v) is 6.55. The van der Waals surface area contributed by atoms with Gasteiger partial charge >= 0.3 is 0 Å². The Hall–Kier alpha value is -1.10. The van der Waals surface area contributed by atoms with Gasteiger partial charge in [-0.05, 0) is 19.8 Å². The van der Waals surface area contributed by atoms with Gasteiger partial charge < -0.3 is 15.3 Å². The quantitative estimate of drug-likeness (QED) is 0.747. The molecular formula is C13H24N2O3. The van der Waals surface area contributed by atoms with E-state index < -0.39 is 5.60 Å². The second-order valence-electron chi connectivity index (χ2n) is 5.56. The highest BCUT2D eigenvalue weighted by Gasteiger charge is 2.34. The minimum absolute atomic E-state index is 0.0354. The van der Waals surface area contributed by atoms with Gasteiger partial charge in [0, 0.05) is 26.1 Å². The molecule has 2 unspecified atom stereocenters. The van der Waals surface area contributed by atoms with E-state index in [0.717, 1.165) is 0 Å². The smallest absolute Gasteiger partial charge is 0.225 e. The van der Waals surface area contributed by atoms with Gasteiger partial charge in [0.2, 0.25) is 11.8 Å². The first kappa shape index (κ1) is 15.0. The van der Waals surface area contributed by atoms with Crippen LogP contribution in [0.1, 0.15) is 34.1 Å². The zero-order valence-electron chi connectivity index (χ0n) is 11.7. The Kier molecular flexibility index (Phi) is 4.73. The monoisotopic (exact) mass is 256 g/mol. The molecule has 0 aromatic heterocycles. The molecule has 0 radical (unpaired) electrons. The van der Waals surface area contributed by atoms with Gasteiger partial charge in [0.05, 0.1) is 11.5 Å². The average molecular weight is 256 g/mol. The highest BCUT2D eigenvalue weighted by atomic mass is 16.3. The Morgan fingerprint density at radius 2 is 2.22 bits per heavy atom. The number of likely N-dealkylation sites (tertiary alicyclic amines) is 1. The first-order valence-electron chi connectivity index (χ1n) is 6.55. The molecule has 0 aliphatic carbocycles. The van der Waals surface area contributed by atoms with E-state index in [-0.39, 0.29) is 36.6 Å². The lowest BCUT2D eigenvalue weighted by molar-refractivity contribution is -0.129. The fraction of sp³-hybridized carbons (Fsp3) is 0.846. The van der Waals surface area contributed by atoms with Crippen molar-refractivity contribution < 1.29 is 14.7 Å². The Labute approximate surface area is 109 Å². The zero-order chi connectivity index (χ0) is 13.9. The Bertz CT molecular complexity index is 326. The number of carbonyl (C=O) groups is 2. The molecule has 5 nitrogen and oxygen atoms in total. The predicted molar refractivity (Wildman–Crippen MR) is 68.8 cm³/mol. The fourth-order valence-electron chi connectivity index (χ4n) is 1.87. The minimum Gasteiger partial charge on any atom is -0.388 e. The van der Waals surface area contributed by atoms with Crippen LogP contribution in [0.15, 0.2) is 0 Å². The van der Waals surface area contributed by atoms with Crippen LogP contribution in [0.5, 0.6) is 0 Å². The van der Waals surface area contributed by atoms with Crippen LogP contribution >= 0.6 is 0 Å². The number of amides is 2. The van der Waals surface area contributed by atoms with Crippen molar-refractivity contribution in [2.45, 2.75) is 39.7 Å². The van der Waals surface area contributed by atoms with Gasteiger partial charge in [-0.3, -0.25) is 9.59 Å². The molecule has 5 heteroatoms. The van der Waals surface area contributed by atoms with E-state index in [1.807, 2.05) is 20.8 Å². The summed E-state index contributed by atoms with van der Waals surface area (Å²) in [7, 11) is 0. The molecule has 2 atom stereocenters. The van der Waals surface area contributed by atoms with Crippen LogP contribution < -0.4 is 5.32 Å². The van der Waals surface area contributed by atoms with Crippen molar-refractivity contribution in [1.29, 1.82) is 0 Å². The molecule has 0 saturated carbocycles. The number of nitrogens with one attached hydrogen (secondary N) is 1. The van der Waals surface area contributed by atoms with Crippen LogP contribution in [0.25, 0.3) is 0 Å². The number of carbonyl (C=O) groups excluding carboxylic acids is 2. The first-order chi connectivity index (χ1) is 8.27. The molecule has 1 heterocycles. The predicted octanol–water partition coefficient (Wildman–Crippen LogP) is 0.378. The molecule has 104 valence electrons. The topological polar surface area (TPSA) is 69.6 Å². The van der Waals surface area contributed by atoms with Crippen LogP contribution in [-0.4, -0.2) is 47.1 Å². The second-order valence-corrected chi connectivity index (χ2v) is 5.56. The van der Waals surface area contributed by atoms with Crippen LogP contribution in [0.3, 0.4) is 0 Å². The molecule has 1 aliphatic heterocycles. The summed E-state index contributed by atoms with van der Waals surface area (Å²) < 4.78 is 0. The van der Waals surface area contributed by atoms with Gasteiger partial charge in [-0.2, -0.15) is 0 Å². The molecule has 1 aliphatic rings. The molecule has 18 heavy (non-hydrogen) atoms. The Morgan fingerprint density at radius 3 is 2.67 bits per heavy atom. The number of nitrogens with zero attached hydrogens (tertiary/aromatic N) is 1. The third-order valence-corrected chi connectivity index (χ3v) is 3.83. The number of hydrogen-bond donors (Lipinski definition) is 2. The molecule has 0 bridgehead atoms. The van der Waals surface area contributed by atoms with Crippen molar-refractivity contribution in [1.82, 2.24) is 10.2 Å². The van der Waals surface area contributed by atoms with Crippen LogP contribution in [0.2, 0.25) is 0 Å². The fourth-order valence-corrected chi connectivity index (χ4v) is 1.87. The number of rotatable bonds is 5. The molecular weight excluding hydrogens is 232 g/mol. The Balaban J connectivity index is 2.46. The number of aliphatic hydroxyl groups is 1. The van der Waals surface area contributed by atoms with E-state index >= 15 is 0 Å². The van der Waals surface area contributed by atoms with E-state index in [1.54, 1.807) is 11.8 Å². The highest BCUT2D eigenvalue weighted by molar-refractivity contribution is 5.89. The summed E-state index contributed by atoms with van der Waals surface area (Å²) in [5.74, 6) is -0.316. The standard InChI is InChI=1S/C13H24N2O3/c1-5-15-7-10(6-11(15)16)12(17)14-8-13(4,18)9(2)3/h9-10,18H,5-8H2,1-4H3,(H,14,17). The van der Waals surface area contributed by atoms with Gasteiger partial charge in [-0.25, -0.2) is 0 Å². The molecule has 1 saturated heterocycles. The highest BCUT2D eigenvalue weighted by Crippen LogP contribution is 2.19. The maximum absolute atomic E-state index is 11.9. The van der Waals surface area contributed by atoms with E-state index in [9.17, 15) is 14.7 Å². The lowest BCUT2D eigenvalue weighted by Crippen LogP contribution is -2.46. The molecule has 0 spiro atoms. The van der Waals surface area contributed by atoms with Crippen molar-refractivity contribution in [3.8, 4) is 0 Å². The molecule has 1 rings (SSSR count). The summed E-state index contributed by atoms with van der Waals surface area (Å²) in [5, 5.41) is 12.8. The zero-order valence-corrected chi connectivity index (χ0v) is 11.7. The van der Waals surface area contributed by atoms with Gasteiger partial charge in [-0.15, -0.1) is 0 Å². The maximum Gasteiger partial charge on any atom is 0.225 e. The molecule has 1 fully saturated rings. The molecule has 2 amide bonds. The second kappa shape index (κ2) is 5.69. The van der Waals surface area contributed by atoms with Crippen LogP contribution in [-0.2, 0) is 9.59 Å². The van der Waals surface area contributed by atoms with Crippen molar-refractivity contribution in [2.24, 2.45) is 11.8 Å². The average Bonchev–Trinajstić information content (AvgIpc) is 2.67. The van der Waals surface area contributed by atoms with E-state index in [0.29, 0.717) is 13.1 Å². The SMILES string of the molecule is CCN1CC(C(=O)NCC(C)(O)C(C)C)CC1=O. The van der Waals surface area contributed by atoms with Crippen molar-refractivity contribution in [3.63, 3.8) is 0 Å². The van der Waals surface area contributed by atoms with Gasteiger partial charge in [0.25, 0.3) is 0 Å². The normalized spacial score (nSPS) is 23.3. The van der Waals surface area contributed by atoms with Gasteiger partial charge in [-0.1, -0.05) is 13.8 Å². The third-order valence-electron chi connectivity index (χ3n) is 3.83. The lowest BCUT2D eigenvalue weighted by atomic mass is 9.92. The summed E-state index contributed by atoms with van der Waals surface area (Å²) in [5.41, 5.74) is -0.914. The van der Waals surface area contributed by atoms with E-state index in [1.165, 1.54) is 0 Å². The summed E-state index contributed by atoms with van der Waals surface area (Å²) >= 11 is 0. The van der Waals surface area contributed by atoms with Crippen LogP contribution in [0.4, 0.5) is 0 Å².